The fourth-order valence-electron chi connectivity index (χ4n) is 3.20. The average Bonchev–Trinajstić information content (AvgIpc) is 3.23. The summed E-state index contributed by atoms with van der Waals surface area (Å²) in [6, 6.07) is 18.5. The second-order valence-corrected chi connectivity index (χ2v) is 7.08. The van der Waals surface area contributed by atoms with E-state index in [0.717, 1.165) is 22.5 Å². The highest BCUT2D eigenvalue weighted by atomic mass is 35.5. The highest BCUT2D eigenvalue weighted by Gasteiger charge is 2.33. The van der Waals surface area contributed by atoms with Gasteiger partial charge in [0.1, 0.15) is 5.70 Å². The van der Waals surface area contributed by atoms with Crippen LogP contribution in [0.5, 0.6) is 0 Å². The molecule has 0 radical (unpaired) electrons. The first-order chi connectivity index (χ1) is 13.5. The molecule has 1 aliphatic heterocycles. The van der Waals surface area contributed by atoms with Crippen LogP contribution in [0.2, 0.25) is 5.02 Å². The zero-order chi connectivity index (χ0) is 19.7. The molecule has 6 heteroatoms. The molecule has 1 saturated heterocycles. The zero-order valence-electron chi connectivity index (χ0n) is 15.2. The van der Waals surface area contributed by atoms with Gasteiger partial charge in [-0.1, -0.05) is 41.4 Å². The molecule has 1 aliphatic rings. The maximum absolute atomic E-state index is 12.8. The summed E-state index contributed by atoms with van der Waals surface area (Å²) in [5.74, 6) is -0.338. The van der Waals surface area contributed by atoms with Crippen LogP contribution in [0.1, 0.15) is 16.8 Å². The van der Waals surface area contributed by atoms with E-state index >= 15 is 0 Å². The number of rotatable bonds is 4. The van der Waals surface area contributed by atoms with Crippen LogP contribution in [-0.2, 0) is 11.3 Å². The second-order valence-electron chi connectivity index (χ2n) is 6.65. The van der Waals surface area contributed by atoms with E-state index in [1.807, 2.05) is 66.2 Å². The maximum Gasteiger partial charge on any atom is 0.329 e. The van der Waals surface area contributed by atoms with Crippen molar-refractivity contribution in [3.63, 3.8) is 0 Å². The number of hydrogen-bond acceptors (Lipinski definition) is 2. The minimum atomic E-state index is -0.414. The van der Waals surface area contributed by atoms with Gasteiger partial charge in [0.15, 0.2) is 0 Å². The van der Waals surface area contributed by atoms with E-state index in [4.69, 9.17) is 11.6 Å². The summed E-state index contributed by atoms with van der Waals surface area (Å²) >= 11 is 5.96. The Morgan fingerprint density at radius 3 is 2.57 bits per heavy atom. The van der Waals surface area contributed by atoms with Gasteiger partial charge in [-0.15, -0.1) is 0 Å². The SMILES string of the molecule is Cc1cccc(CN2C(=O)N/C(=C/c3cccn3-c3ccc(Cl)cc3)C2=O)c1. The number of nitrogens with one attached hydrogen (secondary N) is 1. The third-order valence-corrected chi connectivity index (χ3v) is 4.81. The molecular formula is C22H18ClN3O2. The predicted molar refractivity (Wildman–Crippen MR) is 109 cm³/mol. The first kappa shape index (κ1) is 18.1. The van der Waals surface area contributed by atoms with Gasteiger partial charge in [0.05, 0.1) is 6.54 Å². The third kappa shape index (κ3) is 3.57. The Hall–Kier alpha value is -3.31. The fourth-order valence-corrected chi connectivity index (χ4v) is 3.33. The summed E-state index contributed by atoms with van der Waals surface area (Å²) in [5.41, 5.74) is 3.94. The lowest BCUT2D eigenvalue weighted by Gasteiger charge is -2.12. The molecule has 0 atom stereocenters. The van der Waals surface area contributed by atoms with Crippen LogP contribution in [0, 0.1) is 6.92 Å². The van der Waals surface area contributed by atoms with Crippen LogP contribution in [0.3, 0.4) is 0 Å². The predicted octanol–water partition coefficient (Wildman–Crippen LogP) is 4.53. The topological polar surface area (TPSA) is 54.3 Å². The van der Waals surface area contributed by atoms with E-state index in [1.54, 1.807) is 18.2 Å². The Morgan fingerprint density at radius 1 is 1.04 bits per heavy atom. The molecule has 1 N–H and O–H groups in total. The van der Waals surface area contributed by atoms with Gasteiger partial charge in [-0.25, -0.2) is 4.79 Å². The first-order valence-corrected chi connectivity index (χ1v) is 9.22. The number of aromatic nitrogens is 1. The van der Waals surface area contributed by atoms with Gasteiger partial charge in [0.25, 0.3) is 5.91 Å². The van der Waals surface area contributed by atoms with Crippen LogP contribution in [-0.4, -0.2) is 21.4 Å². The average molecular weight is 392 g/mol. The molecule has 0 unspecified atom stereocenters. The van der Waals surface area contributed by atoms with Crippen molar-refractivity contribution in [3.8, 4) is 5.69 Å². The maximum atomic E-state index is 12.8. The number of imide groups is 1. The van der Waals surface area contributed by atoms with Gasteiger partial charge in [-0.3, -0.25) is 9.69 Å². The molecule has 1 fully saturated rings. The number of hydrogen-bond donors (Lipinski definition) is 1. The van der Waals surface area contributed by atoms with Crippen molar-refractivity contribution in [3.05, 3.63) is 94.4 Å². The van der Waals surface area contributed by atoms with Gasteiger partial charge in [-0.05, 0) is 55.0 Å². The van der Waals surface area contributed by atoms with E-state index in [-0.39, 0.29) is 18.1 Å². The lowest BCUT2D eigenvalue weighted by Crippen LogP contribution is -2.30. The van der Waals surface area contributed by atoms with Crippen molar-refractivity contribution in [1.29, 1.82) is 0 Å². The molecule has 0 spiro atoms. The van der Waals surface area contributed by atoms with E-state index < -0.39 is 6.03 Å². The molecular weight excluding hydrogens is 374 g/mol. The molecule has 140 valence electrons. The molecule has 2 aromatic carbocycles. The Labute approximate surface area is 167 Å². The van der Waals surface area contributed by atoms with Gasteiger partial charge in [0, 0.05) is 22.6 Å². The lowest BCUT2D eigenvalue weighted by molar-refractivity contribution is -0.123. The van der Waals surface area contributed by atoms with Crippen LogP contribution in [0.15, 0.2) is 72.6 Å². The second kappa shape index (κ2) is 7.37. The van der Waals surface area contributed by atoms with Crippen LogP contribution in [0.4, 0.5) is 4.79 Å². The summed E-state index contributed by atoms with van der Waals surface area (Å²) < 4.78 is 1.92. The van der Waals surface area contributed by atoms with Crippen molar-refractivity contribution < 1.29 is 9.59 Å². The highest BCUT2D eigenvalue weighted by Crippen LogP contribution is 2.21. The van der Waals surface area contributed by atoms with E-state index in [0.29, 0.717) is 5.02 Å². The normalized spacial score (nSPS) is 15.4. The number of carbonyl (C=O) groups is 2. The summed E-state index contributed by atoms with van der Waals surface area (Å²) in [7, 11) is 0. The lowest BCUT2D eigenvalue weighted by atomic mass is 10.1. The summed E-state index contributed by atoms with van der Waals surface area (Å²) in [4.78, 5) is 26.3. The fraction of sp³-hybridized carbons (Fsp3) is 0.0909. The molecule has 28 heavy (non-hydrogen) atoms. The molecule has 2 heterocycles. The molecule has 3 aromatic rings. The summed E-state index contributed by atoms with van der Waals surface area (Å²) in [5, 5.41) is 3.33. The van der Waals surface area contributed by atoms with Gasteiger partial charge in [0.2, 0.25) is 0 Å². The van der Waals surface area contributed by atoms with Gasteiger partial charge < -0.3 is 9.88 Å². The Balaban J connectivity index is 1.60. The molecule has 4 rings (SSSR count). The minimum Gasteiger partial charge on any atom is -0.317 e. The number of urea groups is 1. The van der Waals surface area contributed by atoms with Crippen molar-refractivity contribution in [2.75, 3.05) is 0 Å². The Bertz CT molecular complexity index is 1080. The van der Waals surface area contributed by atoms with E-state index in [2.05, 4.69) is 5.32 Å². The number of carbonyl (C=O) groups excluding carboxylic acids is 2. The highest BCUT2D eigenvalue weighted by molar-refractivity contribution is 6.30. The monoisotopic (exact) mass is 391 g/mol. The standard InChI is InChI=1S/C22H18ClN3O2/c1-15-4-2-5-16(12-15)14-26-21(27)20(24-22(26)28)13-19-6-3-11-25(19)18-9-7-17(23)8-10-18/h2-13H,14H2,1H3,(H,24,28)/b20-13+. The zero-order valence-corrected chi connectivity index (χ0v) is 16.0. The minimum absolute atomic E-state index is 0.238. The van der Waals surface area contributed by atoms with Crippen molar-refractivity contribution in [2.24, 2.45) is 0 Å². The number of amides is 3. The number of aryl methyl sites for hydroxylation is 1. The largest absolute Gasteiger partial charge is 0.329 e. The molecule has 0 bridgehead atoms. The van der Waals surface area contributed by atoms with Crippen LogP contribution < -0.4 is 5.32 Å². The Morgan fingerprint density at radius 2 is 1.82 bits per heavy atom. The smallest absolute Gasteiger partial charge is 0.317 e. The number of benzene rings is 2. The Kier molecular flexibility index (Phi) is 4.75. The number of halogens is 1. The molecule has 1 aromatic heterocycles. The van der Waals surface area contributed by atoms with E-state index in [9.17, 15) is 9.59 Å². The molecule has 3 amide bonds. The van der Waals surface area contributed by atoms with Gasteiger partial charge in [-0.2, -0.15) is 0 Å². The molecule has 5 nitrogen and oxygen atoms in total. The van der Waals surface area contributed by atoms with Crippen LogP contribution >= 0.6 is 11.6 Å². The van der Waals surface area contributed by atoms with Crippen LogP contribution in [0.25, 0.3) is 11.8 Å². The van der Waals surface area contributed by atoms with Gasteiger partial charge >= 0.3 is 6.03 Å². The van der Waals surface area contributed by atoms with Crippen molar-refractivity contribution in [2.45, 2.75) is 13.5 Å². The molecule has 0 aliphatic carbocycles. The van der Waals surface area contributed by atoms with Crippen molar-refractivity contribution in [1.82, 2.24) is 14.8 Å². The quantitative estimate of drug-likeness (QED) is 0.524. The van der Waals surface area contributed by atoms with Crippen molar-refractivity contribution >= 4 is 29.6 Å². The molecule has 0 saturated carbocycles. The first-order valence-electron chi connectivity index (χ1n) is 8.85. The third-order valence-electron chi connectivity index (χ3n) is 4.56. The summed E-state index contributed by atoms with van der Waals surface area (Å²) in [6.07, 6.45) is 3.58. The summed E-state index contributed by atoms with van der Waals surface area (Å²) in [6.45, 7) is 2.22. The number of nitrogens with zero attached hydrogens (tertiary/aromatic N) is 2. The van der Waals surface area contributed by atoms with E-state index in [1.165, 1.54) is 4.90 Å².